The van der Waals surface area contributed by atoms with Crippen molar-refractivity contribution in [3.63, 3.8) is 0 Å². The van der Waals surface area contributed by atoms with Crippen LogP contribution in [-0.2, 0) is 10.8 Å². The standard InChI is InChI=1S/C26H33N7/c1-18-23(31-27-16-19-8-12-21(13-9-19)25(2,3)4)29-24(33-30-18)32-28-17-20-10-14-22(15-11-20)26(5,6)7/h8-17H,1-7H3,(H2,29,31,32,33)/b27-16-,28-17-. The van der Waals surface area contributed by atoms with E-state index in [0.29, 0.717) is 11.5 Å². The van der Waals surface area contributed by atoms with Gasteiger partial charge in [0, 0.05) is 0 Å². The van der Waals surface area contributed by atoms with Crippen LogP contribution in [0.25, 0.3) is 0 Å². The van der Waals surface area contributed by atoms with Crippen molar-refractivity contribution in [1.29, 1.82) is 0 Å². The molecule has 0 fully saturated rings. The minimum absolute atomic E-state index is 0.122. The SMILES string of the molecule is Cc1nnc(N/N=C\c2ccc(C(C)(C)C)cc2)nc1N/N=C\c1ccc(C(C)(C)C)cc1. The summed E-state index contributed by atoms with van der Waals surface area (Å²) in [6, 6.07) is 16.6. The summed E-state index contributed by atoms with van der Waals surface area (Å²) < 4.78 is 0. The van der Waals surface area contributed by atoms with E-state index in [9.17, 15) is 0 Å². The van der Waals surface area contributed by atoms with E-state index >= 15 is 0 Å². The summed E-state index contributed by atoms with van der Waals surface area (Å²) in [7, 11) is 0. The molecule has 0 saturated heterocycles. The van der Waals surface area contributed by atoms with Crippen LogP contribution in [0.5, 0.6) is 0 Å². The molecule has 7 heteroatoms. The number of hydrogen-bond acceptors (Lipinski definition) is 7. The van der Waals surface area contributed by atoms with Gasteiger partial charge in [0.25, 0.3) is 5.95 Å². The van der Waals surface area contributed by atoms with Gasteiger partial charge in [0.05, 0.1) is 12.4 Å². The maximum atomic E-state index is 4.40. The van der Waals surface area contributed by atoms with Crippen LogP contribution in [-0.4, -0.2) is 27.6 Å². The highest BCUT2D eigenvalue weighted by atomic mass is 15.4. The summed E-state index contributed by atoms with van der Waals surface area (Å²) in [6.45, 7) is 15.0. The number of nitrogens with one attached hydrogen (secondary N) is 2. The fourth-order valence-corrected chi connectivity index (χ4v) is 3.00. The van der Waals surface area contributed by atoms with Crippen molar-refractivity contribution >= 4 is 24.2 Å². The Morgan fingerprint density at radius 1 is 0.667 bits per heavy atom. The second kappa shape index (κ2) is 9.90. The van der Waals surface area contributed by atoms with Crippen molar-refractivity contribution in [2.45, 2.75) is 59.3 Å². The summed E-state index contributed by atoms with van der Waals surface area (Å²) in [5, 5.41) is 16.7. The fraction of sp³-hybridized carbons (Fsp3) is 0.346. The highest BCUT2D eigenvalue weighted by molar-refractivity contribution is 5.80. The highest BCUT2D eigenvalue weighted by Gasteiger charge is 2.13. The Morgan fingerprint density at radius 2 is 1.12 bits per heavy atom. The molecular weight excluding hydrogens is 410 g/mol. The molecule has 0 aliphatic rings. The van der Waals surface area contributed by atoms with E-state index in [-0.39, 0.29) is 16.8 Å². The first-order chi connectivity index (χ1) is 15.5. The maximum Gasteiger partial charge on any atom is 0.265 e. The van der Waals surface area contributed by atoms with E-state index in [0.717, 1.165) is 11.1 Å². The van der Waals surface area contributed by atoms with Gasteiger partial charge in [0.2, 0.25) is 0 Å². The van der Waals surface area contributed by atoms with Crippen molar-refractivity contribution in [2.24, 2.45) is 10.2 Å². The molecule has 0 saturated carbocycles. The zero-order valence-electron chi connectivity index (χ0n) is 20.5. The van der Waals surface area contributed by atoms with E-state index in [2.05, 4.69) is 102 Å². The molecule has 1 heterocycles. The van der Waals surface area contributed by atoms with Crippen molar-refractivity contribution in [3.05, 3.63) is 76.5 Å². The normalized spacial score (nSPS) is 12.5. The lowest BCUT2D eigenvalue weighted by Crippen LogP contribution is -2.10. The average Bonchev–Trinajstić information content (AvgIpc) is 2.75. The number of aromatic nitrogens is 3. The predicted octanol–water partition coefficient (Wildman–Crippen LogP) is 5.67. The third-order valence-electron chi connectivity index (χ3n) is 5.17. The number of rotatable bonds is 6. The van der Waals surface area contributed by atoms with Crippen LogP contribution < -0.4 is 10.9 Å². The van der Waals surface area contributed by atoms with Crippen molar-refractivity contribution in [3.8, 4) is 0 Å². The molecule has 33 heavy (non-hydrogen) atoms. The molecule has 0 amide bonds. The van der Waals surface area contributed by atoms with Gasteiger partial charge < -0.3 is 0 Å². The molecule has 3 aromatic rings. The minimum Gasteiger partial charge on any atom is -0.260 e. The Kier molecular flexibility index (Phi) is 7.21. The van der Waals surface area contributed by atoms with Gasteiger partial charge in [-0.2, -0.15) is 15.2 Å². The van der Waals surface area contributed by atoms with Gasteiger partial charge in [0.1, 0.15) is 5.69 Å². The molecular formula is C26H33N7. The molecule has 2 N–H and O–H groups in total. The molecule has 172 valence electrons. The number of hydrazone groups is 2. The first kappa shape index (κ1) is 24.0. The molecule has 0 spiro atoms. The second-order valence-corrected chi connectivity index (χ2v) is 10.1. The summed E-state index contributed by atoms with van der Waals surface area (Å²) in [4.78, 5) is 4.40. The van der Waals surface area contributed by atoms with Gasteiger partial charge in [0.15, 0.2) is 5.82 Å². The van der Waals surface area contributed by atoms with E-state index in [1.807, 2.05) is 31.2 Å². The van der Waals surface area contributed by atoms with Crippen LogP contribution in [0.15, 0.2) is 58.7 Å². The molecule has 0 unspecified atom stereocenters. The van der Waals surface area contributed by atoms with E-state index in [1.165, 1.54) is 11.1 Å². The van der Waals surface area contributed by atoms with Gasteiger partial charge in [-0.05, 0) is 40.0 Å². The number of nitrogens with zero attached hydrogens (tertiary/aromatic N) is 5. The lowest BCUT2D eigenvalue weighted by Gasteiger charge is -2.18. The summed E-state index contributed by atoms with van der Waals surface area (Å²) in [5.74, 6) is 0.801. The lowest BCUT2D eigenvalue weighted by atomic mass is 9.87. The zero-order chi connectivity index (χ0) is 24.1. The largest absolute Gasteiger partial charge is 0.265 e. The maximum absolute atomic E-state index is 4.40. The molecule has 3 rings (SSSR count). The van der Waals surface area contributed by atoms with E-state index in [1.54, 1.807) is 12.4 Å². The molecule has 0 bridgehead atoms. The van der Waals surface area contributed by atoms with Crippen LogP contribution >= 0.6 is 0 Å². The predicted molar refractivity (Wildman–Crippen MR) is 137 cm³/mol. The smallest absolute Gasteiger partial charge is 0.260 e. The summed E-state index contributed by atoms with van der Waals surface area (Å²) in [6.07, 6.45) is 3.47. The Balaban J connectivity index is 1.61. The Labute approximate surface area is 196 Å². The quantitative estimate of drug-likeness (QED) is 0.379. The monoisotopic (exact) mass is 443 g/mol. The Morgan fingerprint density at radius 3 is 1.58 bits per heavy atom. The third-order valence-corrected chi connectivity index (χ3v) is 5.17. The Hall–Kier alpha value is -3.61. The van der Waals surface area contributed by atoms with Crippen LogP contribution in [0, 0.1) is 6.92 Å². The zero-order valence-corrected chi connectivity index (χ0v) is 20.5. The molecule has 2 aromatic carbocycles. The van der Waals surface area contributed by atoms with Crippen LogP contribution in [0.1, 0.15) is 69.5 Å². The van der Waals surface area contributed by atoms with Crippen LogP contribution in [0.4, 0.5) is 11.8 Å². The summed E-state index contributed by atoms with van der Waals surface area (Å²) >= 11 is 0. The fourth-order valence-electron chi connectivity index (χ4n) is 3.00. The summed E-state index contributed by atoms with van der Waals surface area (Å²) in [5.41, 5.74) is 11.2. The molecule has 0 aliphatic carbocycles. The van der Waals surface area contributed by atoms with Crippen molar-refractivity contribution in [1.82, 2.24) is 15.2 Å². The molecule has 0 atom stereocenters. The van der Waals surface area contributed by atoms with Crippen molar-refractivity contribution in [2.75, 3.05) is 10.9 Å². The number of aryl methyl sites for hydroxylation is 1. The van der Waals surface area contributed by atoms with Gasteiger partial charge in [-0.25, -0.2) is 5.43 Å². The van der Waals surface area contributed by atoms with E-state index in [4.69, 9.17) is 0 Å². The van der Waals surface area contributed by atoms with Crippen LogP contribution in [0.3, 0.4) is 0 Å². The average molecular weight is 444 g/mol. The van der Waals surface area contributed by atoms with E-state index < -0.39 is 0 Å². The number of hydrogen-bond donors (Lipinski definition) is 2. The van der Waals surface area contributed by atoms with Gasteiger partial charge >= 0.3 is 0 Å². The number of benzene rings is 2. The first-order valence-electron chi connectivity index (χ1n) is 11.0. The minimum atomic E-state index is 0.122. The molecule has 7 nitrogen and oxygen atoms in total. The lowest BCUT2D eigenvalue weighted by molar-refractivity contribution is 0.590. The molecule has 0 aliphatic heterocycles. The molecule has 1 aromatic heterocycles. The topological polar surface area (TPSA) is 87.5 Å². The first-order valence-corrected chi connectivity index (χ1v) is 11.0. The third kappa shape index (κ3) is 6.94. The van der Waals surface area contributed by atoms with Gasteiger partial charge in [-0.3, -0.25) is 5.43 Å². The highest BCUT2D eigenvalue weighted by Crippen LogP contribution is 2.22. The van der Waals surface area contributed by atoms with Gasteiger partial charge in [-0.15, -0.1) is 10.2 Å². The Bertz CT molecular complexity index is 1120. The number of anilines is 2. The molecule has 0 radical (unpaired) electrons. The van der Waals surface area contributed by atoms with Crippen molar-refractivity contribution < 1.29 is 0 Å². The van der Waals surface area contributed by atoms with Gasteiger partial charge in [-0.1, -0.05) is 90.1 Å². The second-order valence-electron chi connectivity index (χ2n) is 10.1. The van der Waals surface area contributed by atoms with Crippen LogP contribution in [0.2, 0.25) is 0 Å².